The molecule has 0 spiro atoms. The number of methoxy groups -OCH3 is 1. The summed E-state index contributed by atoms with van der Waals surface area (Å²) >= 11 is 0. The molecule has 0 radical (unpaired) electrons. The van der Waals surface area contributed by atoms with Gasteiger partial charge in [0.05, 0.1) is 13.2 Å². The molecular weight excluding hydrogens is 316 g/mol. The van der Waals surface area contributed by atoms with Crippen LogP contribution in [0.4, 0.5) is 8.78 Å². The normalized spacial score (nSPS) is 12.2. The fraction of sp³-hybridized carbons (Fsp3) is 0.333. The van der Waals surface area contributed by atoms with Gasteiger partial charge in [-0.3, -0.25) is 0 Å². The highest BCUT2D eigenvalue weighted by Crippen LogP contribution is 2.32. The van der Waals surface area contributed by atoms with Crippen molar-refractivity contribution in [3.63, 3.8) is 0 Å². The topological polar surface area (TPSA) is 50.7 Å². The van der Waals surface area contributed by atoms with Gasteiger partial charge in [-0.1, -0.05) is 36.4 Å². The van der Waals surface area contributed by atoms with E-state index in [1.807, 2.05) is 31.2 Å². The van der Waals surface area contributed by atoms with E-state index < -0.39 is 12.7 Å². The molecule has 2 aromatic rings. The van der Waals surface area contributed by atoms with Gasteiger partial charge in [0.15, 0.2) is 11.5 Å². The Morgan fingerprint density at radius 3 is 2.54 bits per heavy atom. The lowest BCUT2D eigenvalue weighted by atomic mass is 10.0. The summed E-state index contributed by atoms with van der Waals surface area (Å²) < 4.78 is 34.8. The number of halogens is 2. The maximum Gasteiger partial charge on any atom is 0.387 e. The number of alkyl halides is 2. The van der Waals surface area contributed by atoms with E-state index in [0.29, 0.717) is 5.56 Å². The Bertz CT molecular complexity index is 664. The minimum atomic E-state index is -2.93. The number of hydrogen-bond donors (Lipinski definition) is 2. The molecule has 2 aromatic carbocycles. The van der Waals surface area contributed by atoms with Crippen molar-refractivity contribution in [1.82, 2.24) is 5.32 Å². The van der Waals surface area contributed by atoms with Crippen LogP contribution in [0, 0.1) is 6.92 Å². The molecule has 0 bridgehead atoms. The number of nitrogens with one attached hydrogen (secondary N) is 1. The van der Waals surface area contributed by atoms with Gasteiger partial charge in [-0.25, -0.2) is 0 Å². The van der Waals surface area contributed by atoms with Crippen LogP contribution < -0.4 is 14.8 Å². The summed E-state index contributed by atoms with van der Waals surface area (Å²) in [5.74, 6) is 0.252. The van der Waals surface area contributed by atoms with E-state index in [4.69, 9.17) is 4.74 Å². The average Bonchev–Trinajstić information content (AvgIpc) is 2.56. The first kappa shape index (κ1) is 18.2. The van der Waals surface area contributed by atoms with Crippen LogP contribution in [0.1, 0.15) is 22.8 Å². The Morgan fingerprint density at radius 2 is 1.88 bits per heavy atom. The van der Waals surface area contributed by atoms with Gasteiger partial charge in [0.2, 0.25) is 0 Å². The van der Waals surface area contributed by atoms with Gasteiger partial charge in [0.1, 0.15) is 0 Å². The summed E-state index contributed by atoms with van der Waals surface area (Å²) in [4.78, 5) is 0. The fourth-order valence-electron chi connectivity index (χ4n) is 2.50. The Kier molecular flexibility index (Phi) is 6.52. The molecule has 0 aromatic heterocycles. The van der Waals surface area contributed by atoms with Crippen LogP contribution in [0.25, 0.3) is 0 Å². The molecule has 0 saturated carbocycles. The van der Waals surface area contributed by atoms with Crippen molar-refractivity contribution in [3.05, 3.63) is 59.2 Å². The molecule has 2 rings (SSSR count). The quantitative estimate of drug-likeness (QED) is 0.775. The lowest BCUT2D eigenvalue weighted by Crippen LogP contribution is -2.22. The highest BCUT2D eigenvalue weighted by atomic mass is 19.3. The van der Waals surface area contributed by atoms with Gasteiger partial charge < -0.3 is 19.9 Å². The molecule has 4 nitrogen and oxygen atoms in total. The van der Waals surface area contributed by atoms with Crippen molar-refractivity contribution in [2.24, 2.45) is 0 Å². The lowest BCUT2D eigenvalue weighted by molar-refractivity contribution is -0.0519. The first-order valence-electron chi connectivity index (χ1n) is 7.58. The van der Waals surface area contributed by atoms with Crippen LogP contribution in [0.5, 0.6) is 11.5 Å². The van der Waals surface area contributed by atoms with Gasteiger partial charge in [0.25, 0.3) is 0 Å². The molecule has 1 unspecified atom stereocenters. The van der Waals surface area contributed by atoms with E-state index in [9.17, 15) is 13.9 Å². The highest BCUT2D eigenvalue weighted by Gasteiger charge is 2.16. The first-order valence-corrected chi connectivity index (χ1v) is 7.58. The molecular formula is C18H21F2NO3. The number of aliphatic hydroxyl groups is 1. The number of benzene rings is 2. The molecule has 0 aliphatic rings. The predicted octanol–water partition coefficient (Wildman–Crippen LogP) is 3.43. The predicted molar refractivity (Wildman–Crippen MR) is 87.5 cm³/mol. The minimum Gasteiger partial charge on any atom is -0.493 e. The van der Waals surface area contributed by atoms with Crippen molar-refractivity contribution in [2.45, 2.75) is 26.2 Å². The Balaban J connectivity index is 2.03. The van der Waals surface area contributed by atoms with Crippen LogP contribution in [-0.4, -0.2) is 25.4 Å². The molecule has 0 aliphatic heterocycles. The summed E-state index contributed by atoms with van der Waals surface area (Å²) in [5.41, 5.74) is 2.36. The summed E-state index contributed by atoms with van der Waals surface area (Å²) in [6.45, 7) is -0.453. The molecule has 0 amide bonds. The fourth-order valence-corrected chi connectivity index (χ4v) is 2.50. The largest absolute Gasteiger partial charge is 0.493 e. The third-order valence-corrected chi connectivity index (χ3v) is 3.69. The van der Waals surface area contributed by atoms with Gasteiger partial charge in [-0.15, -0.1) is 0 Å². The molecule has 2 N–H and O–H groups in total. The van der Waals surface area contributed by atoms with E-state index in [-0.39, 0.29) is 24.6 Å². The Labute approximate surface area is 140 Å². The second kappa shape index (κ2) is 8.61. The van der Waals surface area contributed by atoms with Crippen molar-refractivity contribution < 1.29 is 23.4 Å². The third-order valence-electron chi connectivity index (χ3n) is 3.69. The number of rotatable bonds is 8. The van der Waals surface area contributed by atoms with Gasteiger partial charge >= 0.3 is 6.61 Å². The summed E-state index contributed by atoms with van der Waals surface area (Å²) in [6.07, 6.45) is -0.684. The third kappa shape index (κ3) is 4.66. The van der Waals surface area contributed by atoms with E-state index >= 15 is 0 Å². The monoisotopic (exact) mass is 337 g/mol. The number of aryl methyl sites for hydroxylation is 1. The zero-order valence-corrected chi connectivity index (χ0v) is 13.6. The van der Waals surface area contributed by atoms with E-state index in [2.05, 4.69) is 10.1 Å². The maximum absolute atomic E-state index is 12.6. The summed E-state index contributed by atoms with van der Waals surface area (Å²) in [5, 5.41) is 13.3. The summed E-state index contributed by atoms with van der Waals surface area (Å²) in [7, 11) is 1.40. The second-order valence-corrected chi connectivity index (χ2v) is 5.33. The van der Waals surface area contributed by atoms with Crippen LogP contribution in [0.2, 0.25) is 0 Å². The van der Waals surface area contributed by atoms with E-state index in [0.717, 1.165) is 11.1 Å². The Hall–Kier alpha value is -2.18. The number of ether oxygens (including phenoxy) is 2. The number of hydrogen-bond acceptors (Lipinski definition) is 4. The SMILES string of the molecule is COc1cccc(CNCC(O)c2ccccc2C)c1OC(F)F. The van der Waals surface area contributed by atoms with Gasteiger partial charge in [0, 0.05) is 18.7 Å². The van der Waals surface area contributed by atoms with Crippen molar-refractivity contribution in [1.29, 1.82) is 0 Å². The first-order chi connectivity index (χ1) is 11.5. The van der Waals surface area contributed by atoms with Crippen LogP contribution >= 0.6 is 0 Å². The average molecular weight is 337 g/mol. The second-order valence-electron chi connectivity index (χ2n) is 5.33. The molecule has 24 heavy (non-hydrogen) atoms. The van der Waals surface area contributed by atoms with Crippen LogP contribution in [-0.2, 0) is 6.54 Å². The van der Waals surface area contributed by atoms with E-state index in [1.165, 1.54) is 7.11 Å². The summed E-state index contributed by atoms with van der Waals surface area (Å²) in [6, 6.07) is 12.5. The van der Waals surface area contributed by atoms with Crippen molar-refractivity contribution in [2.75, 3.05) is 13.7 Å². The molecule has 0 saturated heterocycles. The molecule has 0 fully saturated rings. The minimum absolute atomic E-state index is 0.00730. The highest BCUT2D eigenvalue weighted by molar-refractivity contribution is 5.46. The zero-order valence-electron chi connectivity index (χ0n) is 13.6. The Morgan fingerprint density at radius 1 is 1.12 bits per heavy atom. The van der Waals surface area contributed by atoms with Crippen molar-refractivity contribution in [3.8, 4) is 11.5 Å². The number of aliphatic hydroxyl groups excluding tert-OH is 1. The van der Waals surface area contributed by atoms with Gasteiger partial charge in [-0.05, 0) is 24.1 Å². The number of para-hydroxylation sites is 1. The zero-order chi connectivity index (χ0) is 17.5. The standard InChI is InChI=1S/C18H21F2NO3/c1-12-6-3-4-8-14(12)15(22)11-21-10-13-7-5-9-16(23-2)17(13)24-18(19)20/h3-9,15,18,21-22H,10-11H2,1-2H3. The molecule has 130 valence electrons. The molecule has 0 aliphatic carbocycles. The smallest absolute Gasteiger partial charge is 0.387 e. The molecule has 1 atom stereocenters. The van der Waals surface area contributed by atoms with Crippen molar-refractivity contribution >= 4 is 0 Å². The molecule has 0 heterocycles. The van der Waals surface area contributed by atoms with E-state index in [1.54, 1.807) is 18.2 Å². The van der Waals surface area contributed by atoms with Gasteiger partial charge in [-0.2, -0.15) is 8.78 Å². The van der Waals surface area contributed by atoms with Crippen LogP contribution in [0.15, 0.2) is 42.5 Å². The lowest BCUT2D eigenvalue weighted by Gasteiger charge is -2.17. The maximum atomic E-state index is 12.6. The molecule has 6 heteroatoms. The van der Waals surface area contributed by atoms with Crippen LogP contribution in [0.3, 0.4) is 0 Å².